The highest BCUT2D eigenvalue weighted by atomic mass is 127. The van der Waals surface area contributed by atoms with Crippen LogP contribution >= 0.6 is 24.0 Å². The lowest BCUT2D eigenvalue weighted by Gasteiger charge is -2.20. The summed E-state index contributed by atoms with van der Waals surface area (Å²) in [5.74, 6) is 1.99. The molecule has 1 aromatic carbocycles. The largest absolute Gasteiger partial charge is 0.356 e. The lowest BCUT2D eigenvalue weighted by Crippen LogP contribution is -2.39. The first-order chi connectivity index (χ1) is 13.8. The summed E-state index contributed by atoms with van der Waals surface area (Å²) < 4.78 is 2.30. The van der Waals surface area contributed by atoms with E-state index in [1.54, 1.807) is 0 Å². The summed E-state index contributed by atoms with van der Waals surface area (Å²) in [7, 11) is 1.84. The first kappa shape index (κ1) is 23.9. The van der Waals surface area contributed by atoms with Crippen LogP contribution in [0.2, 0.25) is 0 Å². The van der Waals surface area contributed by atoms with Gasteiger partial charge in [-0.2, -0.15) is 0 Å². The van der Waals surface area contributed by atoms with Crippen LogP contribution in [0, 0.1) is 6.92 Å². The number of benzene rings is 1. The zero-order chi connectivity index (χ0) is 19.6. The minimum Gasteiger partial charge on any atom is -0.356 e. The summed E-state index contributed by atoms with van der Waals surface area (Å²) in [5, 5.41) is 6.89. The minimum atomic E-state index is 0. The normalized spacial score (nSPS) is 15.7. The number of nitrogens with zero attached hydrogens (tertiary/aromatic N) is 4. The van der Waals surface area contributed by atoms with Crippen molar-refractivity contribution in [2.45, 2.75) is 52.0 Å². The number of nitrogens with one attached hydrogen (secondary N) is 2. The first-order valence-corrected chi connectivity index (χ1v) is 10.9. The van der Waals surface area contributed by atoms with E-state index in [9.17, 15) is 0 Å². The number of imidazole rings is 1. The predicted octanol–water partition coefficient (Wildman–Crippen LogP) is 3.78. The lowest BCUT2D eigenvalue weighted by atomic mass is 10.2. The number of guanidine groups is 1. The number of para-hydroxylation sites is 2. The zero-order valence-corrected chi connectivity index (χ0v) is 20.3. The van der Waals surface area contributed by atoms with Gasteiger partial charge in [0.15, 0.2) is 5.96 Å². The van der Waals surface area contributed by atoms with Crippen molar-refractivity contribution >= 4 is 41.0 Å². The smallest absolute Gasteiger partial charge is 0.190 e. The van der Waals surface area contributed by atoms with E-state index in [1.165, 1.54) is 57.3 Å². The van der Waals surface area contributed by atoms with Gasteiger partial charge in [0.05, 0.1) is 11.0 Å². The molecule has 1 aromatic heterocycles. The van der Waals surface area contributed by atoms with E-state index in [-0.39, 0.29) is 24.0 Å². The van der Waals surface area contributed by atoms with Gasteiger partial charge in [-0.1, -0.05) is 25.0 Å². The van der Waals surface area contributed by atoms with E-state index in [0.717, 1.165) is 43.4 Å². The van der Waals surface area contributed by atoms with Crippen LogP contribution in [0.5, 0.6) is 0 Å². The van der Waals surface area contributed by atoms with Gasteiger partial charge >= 0.3 is 0 Å². The molecule has 6 nitrogen and oxygen atoms in total. The maximum absolute atomic E-state index is 4.64. The van der Waals surface area contributed by atoms with Crippen LogP contribution in [0.15, 0.2) is 29.3 Å². The number of hydrogen-bond donors (Lipinski definition) is 2. The van der Waals surface area contributed by atoms with Crippen LogP contribution in [-0.4, -0.2) is 60.2 Å². The Labute approximate surface area is 192 Å². The molecule has 3 rings (SSSR count). The van der Waals surface area contributed by atoms with E-state index >= 15 is 0 Å². The number of hydrogen-bond acceptors (Lipinski definition) is 3. The fourth-order valence-electron chi connectivity index (χ4n) is 4.01. The average molecular weight is 512 g/mol. The van der Waals surface area contributed by atoms with Crippen molar-refractivity contribution < 1.29 is 0 Å². The number of aromatic nitrogens is 2. The van der Waals surface area contributed by atoms with Crippen molar-refractivity contribution in [2.24, 2.45) is 4.99 Å². The lowest BCUT2D eigenvalue weighted by molar-refractivity contribution is 0.282. The van der Waals surface area contributed by atoms with Crippen molar-refractivity contribution in [2.75, 3.05) is 39.8 Å². The molecule has 0 atom stereocenters. The van der Waals surface area contributed by atoms with Gasteiger partial charge in [-0.15, -0.1) is 24.0 Å². The van der Waals surface area contributed by atoms with Gasteiger partial charge in [-0.3, -0.25) is 4.99 Å². The molecule has 7 heteroatoms. The fourth-order valence-corrected chi connectivity index (χ4v) is 4.01. The number of aliphatic imine (C=N–C) groups is 1. The van der Waals surface area contributed by atoms with Crippen molar-refractivity contribution in [3.05, 3.63) is 30.1 Å². The Morgan fingerprint density at radius 3 is 2.34 bits per heavy atom. The van der Waals surface area contributed by atoms with Crippen molar-refractivity contribution in [1.29, 1.82) is 0 Å². The highest BCUT2D eigenvalue weighted by molar-refractivity contribution is 14.0. The number of halogens is 1. The van der Waals surface area contributed by atoms with Gasteiger partial charge < -0.3 is 20.1 Å². The third kappa shape index (κ3) is 7.44. The summed E-state index contributed by atoms with van der Waals surface area (Å²) >= 11 is 0. The number of rotatable bonds is 8. The summed E-state index contributed by atoms with van der Waals surface area (Å²) in [6, 6.07) is 8.35. The van der Waals surface area contributed by atoms with E-state index in [2.05, 4.69) is 55.2 Å². The molecule has 1 aliphatic rings. The molecule has 0 saturated carbocycles. The van der Waals surface area contributed by atoms with Crippen LogP contribution in [0.4, 0.5) is 0 Å². The molecule has 2 N–H and O–H groups in total. The molecule has 2 heterocycles. The molecular weight excluding hydrogens is 475 g/mol. The predicted molar refractivity (Wildman–Crippen MR) is 133 cm³/mol. The average Bonchev–Trinajstić information content (AvgIpc) is 2.86. The Hall–Kier alpha value is -1.35. The van der Waals surface area contributed by atoms with Gasteiger partial charge in [0.25, 0.3) is 0 Å². The molecule has 0 unspecified atom stereocenters. The molecule has 0 spiro atoms. The molecule has 162 valence electrons. The molecule has 1 aliphatic heterocycles. The van der Waals surface area contributed by atoms with Crippen LogP contribution in [0.25, 0.3) is 11.0 Å². The summed E-state index contributed by atoms with van der Waals surface area (Å²) in [6.45, 7) is 8.66. The SMILES string of the molecule is CN=C(NCCCN1CCCCCC1)NCCCn1c(C)nc2ccccc21.I. The monoisotopic (exact) mass is 512 g/mol. The maximum atomic E-state index is 4.64. The van der Waals surface area contributed by atoms with Gasteiger partial charge in [0.2, 0.25) is 0 Å². The molecule has 0 bridgehead atoms. The Balaban J connectivity index is 0.00000300. The van der Waals surface area contributed by atoms with E-state index in [0.29, 0.717) is 0 Å². The molecule has 0 amide bonds. The molecule has 1 saturated heterocycles. The maximum Gasteiger partial charge on any atom is 0.190 e. The summed E-state index contributed by atoms with van der Waals surface area (Å²) in [5.41, 5.74) is 2.30. The molecule has 2 aromatic rings. The molecule has 0 aliphatic carbocycles. The quantitative estimate of drug-likeness (QED) is 0.245. The van der Waals surface area contributed by atoms with Crippen LogP contribution in [0.3, 0.4) is 0 Å². The van der Waals surface area contributed by atoms with Gasteiger partial charge in [0.1, 0.15) is 5.82 Å². The van der Waals surface area contributed by atoms with Gasteiger partial charge in [0, 0.05) is 26.7 Å². The third-order valence-electron chi connectivity index (χ3n) is 5.56. The summed E-state index contributed by atoms with van der Waals surface area (Å²) in [6.07, 6.45) is 7.74. The van der Waals surface area contributed by atoms with Crippen molar-refractivity contribution in [3.8, 4) is 0 Å². The molecular formula is C22H37IN6. The number of likely N-dealkylation sites (tertiary alicyclic amines) is 1. The highest BCUT2D eigenvalue weighted by Crippen LogP contribution is 2.15. The molecule has 29 heavy (non-hydrogen) atoms. The van der Waals surface area contributed by atoms with Crippen molar-refractivity contribution in [1.82, 2.24) is 25.1 Å². The van der Waals surface area contributed by atoms with Crippen molar-refractivity contribution in [3.63, 3.8) is 0 Å². The van der Waals surface area contributed by atoms with Crippen LogP contribution in [0.1, 0.15) is 44.3 Å². The second-order valence-electron chi connectivity index (χ2n) is 7.69. The fraction of sp³-hybridized carbons (Fsp3) is 0.636. The van der Waals surface area contributed by atoms with Gasteiger partial charge in [-0.05, 0) is 64.4 Å². The Morgan fingerprint density at radius 2 is 1.66 bits per heavy atom. The van der Waals surface area contributed by atoms with Gasteiger partial charge in [-0.25, -0.2) is 4.98 Å². The summed E-state index contributed by atoms with van der Waals surface area (Å²) in [4.78, 5) is 11.6. The third-order valence-corrected chi connectivity index (χ3v) is 5.56. The standard InChI is InChI=1S/C22H36N6.HI/c1-19-26-20-11-5-6-12-21(20)28(19)18-10-14-25-22(23-2)24-13-9-17-27-15-7-3-4-8-16-27;/h5-6,11-12H,3-4,7-10,13-18H2,1-2H3,(H2,23,24,25);1H. The van der Waals surface area contributed by atoms with E-state index in [1.807, 2.05) is 13.1 Å². The zero-order valence-electron chi connectivity index (χ0n) is 18.0. The first-order valence-electron chi connectivity index (χ1n) is 10.9. The van der Waals surface area contributed by atoms with Crippen LogP contribution in [-0.2, 0) is 6.54 Å². The Kier molecular flexibility index (Phi) is 10.8. The molecule has 1 fully saturated rings. The minimum absolute atomic E-state index is 0. The second-order valence-corrected chi connectivity index (χ2v) is 7.69. The second kappa shape index (κ2) is 13.1. The van der Waals surface area contributed by atoms with E-state index < -0.39 is 0 Å². The highest BCUT2D eigenvalue weighted by Gasteiger charge is 2.08. The number of fused-ring (bicyclic) bond motifs is 1. The topological polar surface area (TPSA) is 57.5 Å². The number of aryl methyl sites for hydroxylation is 2. The molecule has 0 radical (unpaired) electrons. The Bertz CT molecular complexity index is 749. The Morgan fingerprint density at radius 1 is 1.00 bits per heavy atom. The van der Waals surface area contributed by atoms with Crippen LogP contribution < -0.4 is 10.6 Å². The van der Waals surface area contributed by atoms with E-state index in [4.69, 9.17) is 0 Å².